The predicted octanol–water partition coefficient (Wildman–Crippen LogP) is 1.02. The summed E-state index contributed by atoms with van der Waals surface area (Å²) in [4.78, 5) is 23.8. The van der Waals surface area contributed by atoms with Gasteiger partial charge in [-0.25, -0.2) is 0 Å². The molecule has 0 amide bonds. The minimum atomic E-state index is -1.48. The van der Waals surface area contributed by atoms with Crippen LogP contribution in [0.3, 0.4) is 0 Å². The van der Waals surface area contributed by atoms with Crippen LogP contribution in [0.1, 0.15) is 41.5 Å². The van der Waals surface area contributed by atoms with Crippen LogP contribution in [-0.4, -0.2) is 50.3 Å². The van der Waals surface area contributed by atoms with E-state index in [1.54, 1.807) is 41.5 Å². The van der Waals surface area contributed by atoms with Gasteiger partial charge in [-0.2, -0.15) is 0 Å². The SMILES string of the molecule is COC(=O)[C@H]1[C@@H](C(=O)OC(C)(C)C)N1[S+]([O-])C(C)(C)C. The Kier molecular flexibility index (Phi) is 4.78. The summed E-state index contributed by atoms with van der Waals surface area (Å²) in [6.45, 7) is 10.6. The Morgan fingerprint density at radius 3 is 1.85 bits per heavy atom. The van der Waals surface area contributed by atoms with Crippen LogP contribution >= 0.6 is 0 Å². The van der Waals surface area contributed by atoms with E-state index in [1.807, 2.05) is 0 Å². The third-order valence-electron chi connectivity index (χ3n) is 2.56. The van der Waals surface area contributed by atoms with Crippen LogP contribution in [0, 0.1) is 0 Å². The molecular weight excluding hydrogens is 282 g/mol. The molecule has 4 atom stereocenters. The number of nitrogens with zero attached hydrogens (tertiary/aromatic N) is 1. The lowest BCUT2D eigenvalue weighted by atomic mass is 10.2. The van der Waals surface area contributed by atoms with Crippen molar-refractivity contribution in [3.05, 3.63) is 0 Å². The summed E-state index contributed by atoms with van der Waals surface area (Å²) in [5, 5.41) is 0. The van der Waals surface area contributed by atoms with Gasteiger partial charge < -0.3 is 14.0 Å². The van der Waals surface area contributed by atoms with Gasteiger partial charge >= 0.3 is 11.9 Å². The van der Waals surface area contributed by atoms with Crippen LogP contribution in [0.5, 0.6) is 0 Å². The van der Waals surface area contributed by atoms with Gasteiger partial charge in [-0.3, -0.25) is 9.59 Å². The van der Waals surface area contributed by atoms with Gasteiger partial charge in [0.05, 0.1) is 7.11 Å². The summed E-state index contributed by atoms with van der Waals surface area (Å²) >= 11 is -1.48. The standard InChI is InChI=1S/C13H23NO5S/c1-12(2,3)19-11(16)9-8(10(15)18-7)14(9)20(17)13(4,5)6/h8-9H,1-7H3/t8-,9+,14?,20?/m1/s1. The van der Waals surface area contributed by atoms with Gasteiger partial charge in [0.25, 0.3) is 0 Å². The first-order valence-corrected chi connectivity index (χ1v) is 7.52. The molecule has 1 fully saturated rings. The monoisotopic (exact) mass is 305 g/mol. The number of rotatable bonds is 3. The van der Waals surface area contributed by atoms with Crippen molar-refractivity contribution in [2.24, 2.45) is 0 Å². The van der Waals surface area contributed by atoms with Crippen LogP contribution in [0.2, 0.25) is 0 Å². The Morgan fingerprint density at radius 2 is 1.50 bits per heavy atom. The Hall–Kier alpha value is -0.790. The minimum Gasteiger partial charge on any atom is -0.597 e. The van der Waals surface area contributed by atoms with Gasteiger partial charge in [-0.15, -0.1) is 0 Å². The molecule has 116 valence electrons. The molecule has 1 rings (SSSR count). The first-order valence-electron chi connectivity index (χ1n) is 6.41. The van der Waals surface area contributed by atoms with Gasteiger partial charge in [-0.05, 0) is 41.5 Å². The van der Waals surface area contributed by atoms with E-state index in [2.05, 4.69) is 4.74 Å². The average Bonchev–Trinajstić information content (AvgIpc) is 2.98. The molecule has 0 bridgehead atoms. The van der Waals surface area contributed by atoms with Crippen molar-refractivity contribution >= 4 is 23.3 Å². The third kappa shape index (κ3) is 3.86. The lowest BCUT2D eigenvalue weighted by molar-refractivity contribution is -0.155. The smallest absolute Gasteiger partial charge is 0.331 e. The van der Waals surface area contributed by atoms with E-state index in [0.29, 0.717) is 0 Å². The van der Waals surface area contributed by atoms with E-state index in [9.17, 15) is 14.1 Å². The zero-order valence-corrected chi connectivity index (χ0v) is 13.9. The topological polar surface area (TPSA) is 78.7 Å². The summed E-state index contributed by atoms with van der Waals surface area (Å²) in [7, 11) is 1.24. The minimum absolute atomic E-state index is 0.550. The largest absolute Gasteiger partial charge is 0.597 e. The molecule has 7 heteroatoms. The highest BCUT2D eigenvalue weighted by Crippen LogP contribution is 2.39. The summed E-state index contributed by atoms with van der Waals surface area (Å²) in [5.74, 6) is -1.12. The zero-order valence-electron chi connectivity index (χ0n) is 13.1. The number of methoxy groups -OCH3 is 1. The van der Waals surface area contributed by atoms with Gasteiger partial charge in [0, 0.05) is 11.4 Å². The van der Waals surface area contributed by atoms with Crippen molar-refractivity contribution in [1.29, 1.82) is 0 Å². The summed E-state index contributed by atoms with van der Waals surface area (Å²) < 4.78 is 23.1. The van der Waals surface area contributed by atoms with E-state index in [-0.39, 0.29) is 0 Å². The quantitative estimate of drug-likeness (QED) is 0.440. The van der Waals surface area contributed by atoms with Crippen LogP contribution in [0.15, 0.2) is 0 Å². The summed E-state index contributed by atoms with van der Waals surface area (Å²) in [6.07, 6.45) is 0. The molecule has 20 heavy (non-hydrogen) atoms. The summed E-state index contributed by atoms with van der Waals surface area (Å²) in [5.41, 5.74) is -0.658. The number of carbonyl (C=O) groups is 2. The fourth-order valence-corrected chi connectivity index (χ4v) is 3.08. The molecule has 0 radical (unpaired) electrons. The number of ether oxygens (including phenoxy) is 2. The van der Waals surface area contributed by atoms with Crippen LogP contribution in [0.25, 0.3) is 0 Å². The Balaban J connectivity index is 2.88. The normalized spacial score (nSPS) is 27.7. The second-order valence-electron chi connectivity index (χ2n) is 6.67. The molecule has 1 aliphatic rings. The molecule has 0 aromatic rings. The lowest BCUT2D eigenvalue weighted by Crippen LogP contribution is -2.37. The first-order chi connectivity index (χ1) is 8.90. The van der Waals surface area contributed by atoms with E-state index in [1.165, 1.54) is 11.4 Å². The highest BCUT2D eigenvalue weighted by Gasteiger charge is 2.68. The maximum atomic E-state index is 12.4. The maximum absolute atomic E-state index is 12.4. The van der Waals surface area contributed by atoms with Gasteiger partial charge in [0.2, 0.25) is 0 Å². The third-order valence-corrected chi connectivity index (χ3v) is 4.45. The zero-order chi connectivity index (χ0) is 15.9. The van der Waals surface area contributed by atoms with Crippen molar-refractivity contribution in [2.45, 2.75) is 64.0 Å². The molecule has 1 saturated heterocycles. The molecule has 6 nitrogen and oxygen atoms in total. The van der Waals surface area contributed by atoms with Crippen molar-refractivity contribution < 1.29 is 23.6 Å². The fourth-order valence-electron chi connectivity index (χ4n) is 1.68. The van der Waals surface area contributed by atoms with Crippen LogP contribution in [0.4, 0.5) is 0 Å². The van der Waals surface area contributed by atoms with Gasteiger partial charge in [0.1, 0.15) is 10.3 Å². The number of carbonyl (C=O) groups excluding carboxylic acids is 2. The average molecular weight is 305 g/mol. The molecule has 0 aromatic heterocycles. The molecule has 0 N–H and O–H groups in total. The van der Waals surface area contributed by atoms with Gasteiger partial charge in [0.15, 0.2) is 12.1 Å². The molecular formula is C13H23NO5S. The van der Waals surface area contributed by atoms with E-state index < -0.39 is 45.7 Å². The molecule has 1 aliphatic heterocycles. The van der Waals surface area contributed by atoms with Gasteiger partial charge in [-0.1, -0.05) is 4.31 Å². The Labute approximate surface area is 123 Å². The lowest BCUT2D eigenvalue weighted by Gasteiger charge is -2.24. The van der Waals surface area contributed by atoms with Crippen LogP contribution in [-0.2, 0) is 30.4 Å². The van der Waals surface area contributed by atoms with Crippen molar-refractivity contribution in [2.75, 3.05) is 7.11 Å². The van der Waals surface area contributed by atoms with Crippen molar-refractivity contribution in [1.82, 2.24) is 4.31 Å². The number of hydrogen-bond acceptors (Lipinski definition) is 6. The Morgan fingerprint density at radius 1 is 1.05 bits per heavy atom. The first kappa shape index (κ1) is 17.3. The second kappa shape index (κ2) is 5.54. The van der Waals surface area contributed by atoms with Crippen molar-refractivity contribution in [3.63, 3.8) is 0 Å². The predicted molar refractivity (Wildman–Crippen MR) is 75.2 cm³/mol. The number of hydrogen-bond donors (Lipinski definition) is 0. The molecule has 2 unspecified atom stereocenters. The fraction of sp³-hybridized carbons (Fsp3) is 0.846. The highest BCUT2D eigenvalue weighted by molar-refractivity contribution is 7.90. The highest BCUT2D eigenvalue weighted by atomic mass is 32.2. The van der Waals surface area contributed by atoms with E-state index in [0.717, 1.165) is 0 Å². The second-order valence-corrected chi connectivity index (χ2v) is 8.81. The molecule has 0 aromatic carbocycles. The Bertz CT molecular complexity index is 399. The number of esters is 2. The molecule has 1 heterocycles. The maximum Gasteiger partial charge on any atom is 0.331 e. The summed E-state index contributed by atoms with van der Waals surface area (Å²) in [6, 6.07) is -1.66. The van der Waals surface area contributed by atoms with E-state index >= 15 is 0 Å². The molecule has 0 spiro atoms. The van der Waals surface area contributed by atoms with Crippen LogP contribution < -0.4 is 0 Å². The molecule has 0 saturated carbocycles. The molecule has 0 aliphatic carbocycles. The van der Waals surface area contributed by atoms with Crippen molar-refractivity contribution in [3.8, 4) is 0 Å². The van der Waals surface area contributed by atoms with E-state index in [4.69, 9.17) is 4.74 Å².